The fourth-order valence-corrected chi connectivity index (χ4v) is 2.08. The summed E-state index contributed by atoms with van der Waals surface area (Å²) in [5, 5.41) is 4.27. The van der Waals surface area contributed by atoms with Crippen molar-refractivity contribution < 1.29 is 0 Å². The highest BCUT2D eigenvalue weighted by molar-refractivity contribution is 6.30. The van der Waals surface area contributed by atoms with E-state index < -0.39 is 0 Å². The van der Waals surface area contributed by atoms with Gasteiger partial charge in [-0.15, -0.1) is 0 Å². The zero-order valence-corrected chi connectivity index (χ0v) is 10.6. The van der Waals surface area contributed by atoms with Crippen molar-refractivity contribution in [3.05, 3.63) is 34.3 Å². The van der Waals surface area contributed by atoms with Gasteiger partial charge >= 0.3 is 0 Å². The second kappa shape index (κ2) is 6.14. The number of fused-ring (bicyclic) bond motifs is 1. The molecule has 1 heterocycles. The lowest BCUT2D eigenvalue weighted by Crippen LogP contribution is -2.18. The number of hydrogen-bond donors (Lipinski definition) is 1. The van der Waals surface area contributed by atoms with Gasteiger partial charge in [0.2, 0.25) is 0 Å². The highest BCUT2D eigenvalue weighted by atomic mass is 35.5. The Balaban J connectivity index is 0.000000531. The first kappa shape index (κ1) is 12.5. The predicted molar refractivity (Wildman–Crippen MR) is 67.8 cm³/mol. The number of hydrogen-bond acceptors (Lipinski definition) is 1. The molecule has 0 fully saturated rings. The summed E-state index contributed by atoms with van der Waals surface area (Å²) in [6.07, 6.45) is 1.12. The van der Waals surface area contributed by atoms with E-state index in [1.165, 1.54) is 11.1 Å². The van der Waals surface area contributed by atoms with Crippen molar-refractivity contribution in [1.29, 1.82) is 0 Å². The first-order chi connectivity index (χ1) is 7.27. The summed E-state index contributed by atoms with van der Waals surface area (Å²) in [6, 6.07) is 6.24. The quantitative estimate of drug-likeness (QED) is 0.711. The molecular formula is C13H20ClN. The minimum absolute atomic E-state index is 0.580. The maximum absolute atomic E-state index is 5.97. The highest BCUT2D eigenvalue weighted by Crippen LogP contribution is 2.25. The van der Waals surface area contributed by atoms with Crippen LogP contribution in [0.5, 0.6) is 0 Å². The van der Waals surface area contributed by atoms with Gasteiger partial charge in [0.25, 0.3) is 0 Å². The van der Waals surface area contributed by atoms with E-state index in [9.17, 15) is 0 Å². The third-order valence-electron chi connectivity index (χ3n) is 2.66. The second-order valence-electron chi connectivity index (χ2n) is 3.70. The Morgan fingerprint density at radius 3 is 2.80 bits per heavy atom. The summed E-state index contributed by atoms with van der Waals surface area (Å²) >= 11 is 5.97. The largest absolute Gasteiger partial charge is 0.316 e. The minimum Gasteiger partial charge on any atom is -0.316 e. The van der Waals surface area contributed by atoms with Crippen LogP contribution in [0.25, 0.3) is 0 Å². The van der Waals surface area contributed by atoms with Gasteiger partial charge in [-0.25, -0.2) is 0 Å². The molecule has 1 N–H and O–H groups in total. The van der Waals surface area contributed by atoms with Gasteiger partial charge in [-0.05, 0) is 42.1 Å². The Morgan fingerprint density at radius 1 is 1.33 bits per heavy atom. The van der Waals surface area contributed by atoms with Gasteiger partial charge in [-0.1, -0.05) is 38.4 Å². The van der Waals surface area contributed by atoms with Crippen molar-refractivity contribution >= 4 is 11.6 Å². The van der Waals surface area contributed by atoms with Crippen molar-refractivity contribution in [2.24, 2.45) is 0 Å². The summed E-state index contributed by atoms with van der Waals surface area (Å²) in [6.45, 7) is 8.39. The van der Waals surface area contributed by atoms with Gasteiger partial charge in [-0.3, -0.25) is 0 Å². The molecule has 2 rings (SSSR count). The summed E-state index contributed by atoms with van der Waals surface area (Å²) in [7, 11) is 0. The lowest BCUT2D eigenvalue weighted by atomic mass is 9.96. The lowest BCUT2D eigenvalue weighted by molar-refractivity contribution is 0.644. The average Bonchev–Trinajstić information content (AvgIpc) is 2.44. The predicted octanol–water partition coefficient (Wildman–Crippen LogP) is 3.62. The fourth-order valence-electron chi connectivity index (χ4n) is 1.90. The Kier molecular flexibility index (Phi) is 5.13. The van der Waals surface area contributed by atoms with Crippen molar-refractivity contribution in [3.63, 3.8) is 0 Å². The Labute approximate surface area is 97.8 Å². The maximum atomic E-state index is 5.97. The molecule has 1 nitrogen and oxygen atoms in total. The molecule has 0 aliphatic carbocycles. The molecule has 1 aliphatic rings. The zero-order valence-electron chi connectivity index (χ0n) is 9.81. The number of nitrogens with one attached hydrogen (secondary N) is 1. The van der Waals surface area contributed by atoms with Crippen LogP contribution in [0.1, 0.15) is 37.8 Å². The van der Waals surface area contributed by atoms with Gasteiger partial charge in [0, 0.05) is 11.6 Å². The summed E-state index contributed by atoms with van der Waals surface area (Å²) < 4.78 is 0. The van der Waals surface area contributed by atoms with Crippen LogP contribution in [-0.4, -0.2) is 13.1 Å². The molecule has 0 bridgehead atoms. The van der Waals surface area contributed by atoms with Crippen molar-refractivity contribution in [2.45, 2.75) is 33.1 Å². The van der Waals surface area contributed by atoms with E-state index in [1.54, 1.807) is 0 Å². The molecule has 15 heavy (non-hydrogen) atoms. The van der Waals surface area contributed by atoms with E-state index in [1.807, 2.05) is 19.9 Å². The van der Waals surface area contributed by atoms with Gasteiger partial charge in [0.15, 0.2) is 0 Å². The zero-order chi connectivity index (χ0) is 11.3. The molecule has 0 saturated heterocycles. The normalized spacial score (nSPS) is 19.6. The van der Waals surface area contributed by atoms with E-state index >= 15 is 0 Å². The SMILES string of the molecule is CC.C[C@H]1CNCCc2ccc(Cl)cc21. The van der Waals surface area contributed by atoms with Gasteiger partial charge in [-0.2, -0.15) is 0 Å². The van der Waals surface area contributed by atoms with Crippen LogP contribution in [0, 0.1) is 0 Å². The Hall–Kier alpha value is -0.530. The van der Waals surface area contributed by atoms with Gasteiger partial charge < -0.3 is 5.32 Å². The monoisotopic (exact) mass is 225 g/mol. The summed E-state index contributed by atoms with van der Waals surface area (Å²) in [4.78, 5) is 0. The fraction of sp³-hybridized carbons (Fsp3) is 0.538. The molecule has 0 radical (unpaired) electrons. The third-order valence-corrected chi connectivity index (χ3v) is 2.90. The number of benzene rings is 1. The van der Waals surface area contributed by atoms with Crippen LogP contribution in [0.4, 0.5) is 0 Å². The molecule has 0 spiro atoms. The minimum atomic E-state index is 0.580. The van der Waals surface area contributed by atoms with Crippen molar-refractivity contribution in [3.8, 4) is 0 Å². The first-order valence-corrected chi connectivity index (χ1v) is 6.14. The second-order valence-corrected chi connectivity index (χ2v) is 4.13. The number of halogens is 1. The maximum Gasteiger partial charge on any atom is 0.0409 e. The number of rotatable bonds is 0. The van der Waals surface area contributed by atoms with Gasteiger partial charge in [0.05, 0.1) is 0 Å². The van der Waals surface area contributed by atoms with Crippen LogP contribution >= 0.6 is 11.6 Å². The molecule has 0 amide bonds. The first-order valence-electron chi connectivity index (χ1n) is 5.76. The van der Waals surface area contributed by atoms with E-state index in [0.717, 1.165) is 24.5 Å². The van der Waals surface area contributed by atoms with E-state index in [2.05, 4.69) is 24.4 Å². The van der Waals surface area contributed by atoms with E-state index in [0.29, 0.717) is 5.92 Å². The summed E-state index contributed by atoms with van der Waals surface area (Å²) in [5.41, 5.74) is 2.86. The average molecular weight is 226 g/mol. The van der Waals surface area contributed by atoms with Crippen LogP contribution in [0.15, 0.2) is 18.2 Å². The topological polar surface area (TPSA) is 12.0 Å². The molecule has 0 saturated carbocycles. The lowest BCUT2D eigenvalue weighted by Gasteiger charge is -2.11. The van der Waals surface area contributed by atoms with Gasteiger partial charge in [0.1, 0.15) is 0 Å². The molecule has 0 unspecified atom stereocenters. The van der Waals surface area contributed by atoms with Crippen LogP contribution in [0.2, 0.25) is 5.02 Å². The smallest absolute Gasteiger partial charge is 0.0409 e. The van der Waals surface area contributed by atoms with E-state index in [4.69, 9.17) is 11.6 Å². The third kappa shape index (κ3) is 3.22. The molecule has 1 aliphatic heterocycles. The van der Waals surface area contributed by atoms with Crippen molar-refractivity contribution in [2.75, 3.05) is 13.1 Å². The van der Waals surface area contributed by atoms with E-state index in [-0.39, 0.29) is 0 Å². The molecule has 2 heteroatoms. The highest BCUT2D eigenvalue weighted by Gasteiger charge is 2.13. The standard InChI is InChI=1S/C11H14ClN.C2H6/c1-8-7-13-5-4-9-2-3-10(12)6-11(8)9;1-2/h2-3,6,8,13H,4-5,7H2,1H3;1-2H3/t8-;/m0./s1. The van der Waals surface area contributed by atoms with Crippen LogP contribution in [0.3, 0.4) is 0 Å². The molecule has 1 aromatic rings. The Bertz CT molecular complexity index is 309. The van der Waals surface area contributed by atoms with Crippen molar-refractivity contribution in [1.82, 2.24) is 5.32 Å². The molecular weight excluding hydrogens is 206 g/mol. The summed E-state index contributed by atoms with van der Waals surface area (Å²) in [5.74, 6) is 0.580. The van der Waals surface area contributed by atoms with Crippen LogP contribution < -0.4 is 5.32 Å². The Morgan fingerprint density at radius 2 is 2.07 bits per heavy atom. The molecule has 0 aromatic heterocycles. The van der Waals surface area contributed by atoms with Crippen LogP contribution in [-0.2, 0) is 6.42 Å². The molecule has 1 atom stereocenters. The molecule has 84 valence electrons. The molecule has 1 aromatic carbocycles.